The van der Waals surface area contributed by atoms with Gasteiger partial charge < -0.3 is 15.5 Å². The molecule has 25 heavy (non-hydrogen) atoms. The summed E-state index contributed by atoms with van der Waals surface area (Å²) in [6, 6.07) is 11.8. The highest BCUT2D eigenvalue weighted by Gasteiger charge is 2.08. The zero-order valence-electron chi connectivity index (χ0n) is 15.3. The van der Waals surface area contributed by atoms with Crippen LogP contribution in [-0.4, -0.2) is 25.5 Å². The van der Waals surface area contributed by atoms with Crippen LogP contribution in [0, 0.1) is 13.8 Å². The average molecular weight is 360 g/mol. The molecule has 0 aliphatic heterocycles. The molecule has 0 saturated heterocycles. The second-order valence-electron chi connectivity index (χ2n) is 6.04. The number of rotatable bonds is 7. The Labute approximate surface area is 155 Å². The van der Waals surface area contributed by atoms with Crippen molar-refractivity contribution in [3.8, 4) is 0 Å². The van der Waals surface area contributed by atoms with Gasteiger partial charge in [-0.2, -0.15) is 0 Å². The second-order valence-corrected chi connectivity index (χ2v) is 6.44. The highest BCUT2D eigenvalue weighted by Crippen LogP contribution is 2.23. The lowest BCUT2D eigenvalue weighted by atomic mass is 10.1. The van der Waals surface area contributed by atoms with E-state index in [1.807, 2.05) is 44.2 Å². The monoisotopic (exact) mass is 359 g/mol. The zero-order chi connectivity index (χ0) is 18.4. The van der Waals surface area contributed by atoms with Gasteiger partial charge in [0.25, 0.3) is 0 Å². The molecule has 0 aliphatic carbocycles. The summed E-state index contributed by atoms with van der Waals surface area (Å²) in [5.41, 5.74) is 4.91. The molecule has 4 nitrogen and oxygen atoms in total. The fourth-order valence-electron chi connectivity index (χ4n) is 2.65. The molecule has 0 spiro atoms. The van der Waals surface area contributed by atoms with E-state index in [-0.39, 0.29) is 12.5 Å². The van der Waals surface area contributed by atoms with E-state index < -0.39 is 0 Å². The zero-order valence-corrected chi connectivity index (χ0v) is 16.1. The van der Waals surface area contributed by atoms with Crippen LogP contribution in [0.2, 0.25) is 5.02 Å². The molecule has 0 saturated carbocycles. The molecule has 1 amide bonds. The van der Waals surface area contributed by atoms with Crippen molar-refractivity contribution in [2.45, 2.75) is 27.7 Å². The largest absolute Gasteiger partial charge is 0.376 e. The lowest BCUT2D eigenvalue weighted by molar-refractivity contribution is -0.114. The van der Waals surface area contributed by atoms with Crippen LogP contribution in [0.1, 0.15) is 25.0 Å². The Bertz CT molecular complexity index is 742. The van der Waals surface area contributed by atoms with E-state index >= 15 is 0 Å². The number of hydrogen-bond acceptors (Lipinski definition) is 3. The van der Waals surface area contributed by atoms with Crippen LogP contribution in [0.25, 0.3) is 0 Å². The molecule has 0 radical (unpaired) electrons. The van der Waals surface area contributed by atoms with E-state index in [1.165, 1.54) is 5.69 Å². The van der Waals surface area contributed by atoms with Gasteiger partial charge in [0, 0.05) is 35.2 Å². The summed E-state index contributed by atoms with van der Waals surface area (Å²) in [6.07, 6.45) is 0. The topological polar surface area (TPSA) is 44.4 Å². The Morgan fingerprint density at radius 3 is 2.36 bits per heavy atom. The molecule has 2 rings (SSSR count). The van der Waals surface area contributed by atoms with Crippen LogP contribution in [0.15, 0.2) is 36.4 Å². The normalized spacial score (nSPS) is 10.4. The van der Waals surface area contributed by atoms with Gasteiger partial charge in [0.1, 0.15) is 0 Å². The first-order valence-electron chi connectivity index (χ1n) is 8.60. The molecule has 2 N–H and O–H groups in total. The third kappa shape index (κ3) is 5.13. The minimum atomic E-state index is -0.0876. The van der Waals surface area contributed by atoms with E-state index in [0.29, 0.717) is 5.02 Å². The van der Waals surface area contributed by atoms with Gasteiger partial charge in [0.05, 0.1) is 6.54 Å². The van der Waals surface area contributed by atoms with Crippen molar-refractivity contribution in [1.29, 1.82) is 0 Å². The maximum absolute atomic E-state index is 12.2. The first-order valence-corrected chi connectivity index (χ1v) is 8.97. The maximum Gasteiger partial charge on any atom is 0.243 e. The van der Waals surface area contributed by atoms with Crippen molar-refractivity contribution in [2.24, 2.45) is 0 Å². The van der Waals surface area contributed by atoms with Crippen molar-refractivity contribution >= 4 is 34.6 Å². The van der Waals surface area contributed by atoms with Crippen molar-refractivity contribution in [2.75, 3.05) is 35.2 Å². The van der Waals surface area contributed by atoms with E-state index in [1.54, 1.807) is 0 Å². The van der Waals surface area contributed by atoms with E-state index in [0.717, 1.165) is 35.6 Å². The molecule has 0 bridgehead atoms. The number of benzene rings is 2. The summed E-state index contributed by atoms with van der Waals surface area (Å²) >= 11 is 6.10. The number of hydrogen-bond donors (Lipinski definition) is 2. The van der Waals surface area contributed by atoms with Gasteiger partial charge >= 0.3 is 0 Å². The molecular weight excluding hydrogens is 334 g/mol. The second kappa shape index (κ2) is 8.77. The number of carbonyl (C=O) groups is 1. The maximum atomic E-state index is 12.2. The molecule has 0 aliphatic rings. The molecule has 2 aromatic rings. The summed E-state index contributed by atoms with van der Waals surface area (Å²) < 4.78 is 0. The van der Waals surface area contributed by atoms with Crippen molar-refractivity contribution in [3.63, 3.8) is 0 Å². The smallest absolute Gasteiger partial charge is 0.243 e. The van der Waals surface area contributed by atoms with Crippen LogP contribution in [0.3, 0.4) is 0 Å². The summed E-state index contributed by atoms with van der Waals surface area (Å²) in [4.78, 5) is 14.5. The lowest BCUT2D eigenvalue weighted by Gasteiger charge is -2.22. The van der Waals surface area contributed by atoms with Gasteiger partial charge in [-0.05, 0) is 69.2 Å². The van der Waals surface area contributed by atoms with Gasteiger partial charge in [0.15, 0.2) is 0 Å². The van der Waals surface area contributed by atoms with Crippen LogP contribution in [-0.2, 0) is 4.79 Å². The highest BCUT2D eigenvalue weighted by atomic mass is 35.5. The third-order valence-electron chi connectivity index (χ3n) is 4.24. The minimum Gasteiger partial charge on any atom is -0.376 e. The third-order valence-corrected chi connectivity index (χ3v) is 4.64. The Morgan fingerprint density at radius 1 is 1.04 bits per heavy atom. The van der Waals surface area contributed by atoms with Gasteiger partial charge in [-0.1, -0.05) is 17.7 Å². The number of aryl methyl sites for hydroxylation is 2. The van der Waals surface area contributed by atoms with Crippen LogP contribution in [0.4, 0.5) is 17.1 Å². The van der Waals surface area contributed by atoms with E-state index in [9.17, 15) is 4.79 Å². The summed E-state index contributed by atoms with van der Waals surface area (Å²) in [6.45, 7) is 10.3. The van der Waals surface area contributed by atoms with Gasteiger partial charge in [-0.3, -0.25) is 4.79 Å². The Morgan fingerprint density at radius 2 is 1.76 bits per heavy atom. The number of amides is 1. The van der Waals surface area contributed by atoms with E-state index in [2.05, 4.69) is 35.4 Å². The Hall–Kier alpha value is -2.20. The Kier molecular flexibility index (Phi) is 6.71. The quantitative estimate of drug-likeness (QED) is 0.742. The predicted molar refractivity (Wildman–Crippen MR) is 108 cm³/mol. The number of nitrogens with zero attached hydrogens (tertiary/aromatic N) is 1. The Balaban J connectivity index is 1.97. The first-order chi connectivity index (χ1) is 11.9. The lowest BCUT2D eigenvalue weighted by Crippen LogP contribution is -2.23. The standard InChI is InChI=1S/C20H26ClN3O/c1-5-24(6-2)17-9-10-19(15(4)11-17)23-20(25)13-22-16-8-7-14(3)18(21)12-16/h7-12,22H,5-6,13H2,1-4H3,(H,23,25). The average Bonchev–Trinajstić information content (AvgIpc) is 2.59. The fourth-order valence-corrected chi connectivity index (χ4v) is 2.83. The van der Waals surface area contributed by atoms with Crippen LogP contribution < -0.4 is 15.5 Å². The fraction of sp³-hybridized carbons (Fsp3) is 0.350. The van der Waals surface area contributed by atoms with Crippen LogP contribution in [0.5, 0.6) is 0 Å². The van der Waals surface area contributed by atoms with Gasteiger partial charge in [0.2, 0.25) is 5.91 Å². The molecular formula is C20H26ClN3O. The molecule has 2 aromatic carbocycles. The number of carbonyl (C=O) groups excluding carboxylic acids is 1. The van der Waals surface area contributed by atoms with E-state index in [4.69, 9.17) is 11.6 Å². The van der Waals surface area contributed by atoms with Gasteiger partial charge in [-0.25, -0.2) is 0 Å². The number of nitrogens with one attached hydrogen (secondary N) is 2. The molecule has 0 aromatic heterocycles. The summed E-state index contributed by atoms with van der Waals surface area (Å²) in [5.74, 6) is -0.0876. The molecule has 134 valence electrons. The predicted octanol–water partition coefficient (Wildman–Crippen LogP) is 4.85. The molecule has 5 heteroatoms. The van der Waals surface area contributed by atoms with Crippen molar-refractivity contribution < 1.29 is 4.79 Å². The summed E-state index contributed by atoms with van der Waals surface area (Å²) in [5, 5.41) is 6.74. The number of halogens is 1. The van der Waals surface area contributed by atoms with Crippen LogP contribution >= 0.6 is 11.6 Å². The minimum absolute atomic E-state index is 0.0876. The highest BCUT2D eigenvalue weighted by molar-refractivity contribution is 6.31. The summed E-state index contributed by atoms with van der Waals surface area (Å²) in [7, 11) is 0. The first kappa shape index (κ1) is 19.1. The SMILES string of the molecule is CCN(CC)c1ccc(NC(=O)CNc2ccc(C)c(Cl)c2)c(C)c1. The molecule has 0 unspecified atom stereocenters. The van der Waals surface area contributed by atoms with Crippen molar-refractivity contribution in [3.05, 3.63) is 52.5 Å². The molecule has 0 fully saturated rings. The molecule has 0 atom stereocenters. The molecule has 0 heterocycles. The van der Waals surface area contributed by atoms with Crippen molar-refractivity contribution in [1.82, 2.24) is 0 Å². The van der Waals surface area contributed by atoms with Gasteiger partial charge in [-0.15, -0.1) is 0 Å². The number of anilines is 3.